The molecule has 1 aromatic carbocycles. The highest BCUT2D eigenvalue weighted by molar-refractivity contribution is 8.00. The first-order chi connectivity index (χ1) is 10.1. The van der Waals surface area contributed by atoms with Crippen molar-refractivity contribution < 1.29 is 9.59 Å². The van der Waals surface area contributed by atoms with Crippen LogP contribution in [0.4, 0.5) is 5.69 Å². The molecular weight excluding hydrogens is 284 g/mol. The number of anilines is 1. The second kappa shape index (κ2) is 6.10. The first-order valence-corrected chi connectivity index (χ1v) is 8.39. The quantitative estimate of drug-likeness (QED) is 0.902. The van der Waals surface area contributed by atoms with Crippen molar-refractivity contribution in [2.75, 3.05) is 5.32 Å². The molecular formula is C16H20N2O2S. The van der Waals surface area contributed by atoms with Crippen LogP contribution in [0.3, 0.4) is 0 Å². The first kappa shape index (κ1) is 14.4. The average Bonchev–Trinajstić information content (AvgIpc) is 3.00. The Morgan fingerprint density at radius 3 is 2.90 bits per heavy atom. The third-order valence-electron chi connectivity index (χ3n) is 4.17. The van der Waals surface area contributed by atoms with E-state index in [1.165, 1.54) is 12.8 Å². The zero-order valence-electron chi connectivity index (χ0n) is 12.1. The zero-order chi connectivity index (χ0) is 14.8. The first-order valence-electron chi connectivity index (χ1n) is 7.51. The molecule has 0 bridgehead atoms. The van der Waals surface area contributed by atoms with Crippen molar-refractivity contribution in [1.29, 1.82) is 0 Å². The molecule has 2 amide bonds. The predicted octanol–water partition coefficient (Wildman–Crippen LogP) is 2.93. The molecule has 1 heterocycles. The number of amides is 2. The van der Waals surface area contributed by atoms with Crippen LogP contribution in [-0.4, -0.2) is 17.1 Å². The van der Waals surface area contributed by atoms with Crippen LogP contribution in [0.2, 0.25) is 0 Å². The number of hydrogen-bond acceptors (Lipinski definition) is 3. The van der Waals surface area contributed by atoms with Gasteiger partial charge in [-0.15, -0.1) is 11.8 Å². The van der Waals surface area contributed by atoms with Crippen molar-refractivity contribution in [2.24, 2.45) is 5.92 Å². The molecule has 1 aromatic rings. The van der Waals surface area contributed by atoms with Gasteiger partial charge in [-0.2, -0.15) is 0 Å². The smallest absolute Gasteiger partial charge is 0.237 e. The number of nitrogens with one attached hydrogen (secondary N) is 2. The highest BCUT2D eigenvalue weighted by atomic mass is 32.2. The summed E-state index contributed by atoms with van der Waals surface area (Å²) in [6.45, 7) is 2.43. The number of carbonyl (C=O) groups excluding carboxylic acids is 2. The van der Waals surface area contributed by atoms with Gasteiger partial charge in [-0.1, -0.05) is 18.9 Å². The summed E-state index contributed by atoms with van der Waals surface area (Å²) in [6, 6.07) is 6.00. The molecule has 0 radical (unpaired) electrons. The van der Waals surface area contributed by atoms with E-state index in [0.29, 0.717) is 6.54 Å². The summed E-state index contributed by atoms with van der Waals surface area (Å²) in [4.78, 5) is 24.8. The third kappa shape index (κ3) is 3.23. The largest absolute Gasteiger partial charge is 0.352 e. The Bertz CT molecular complexity index is 567. The van der Waals surface area contributed by atoms with Crippen molar-refractivity contribution in [2.45, 2.75) is 49.3 Å². The highest BCUT2D eigenvalue weighted by Gasteiger charge is 2.24. The Kier molecular flexibility index (Phi) is 4.19. The van der Waals surface area contributed by atoms with Crippen molar-refractivity contribution in [1.82, 2.24) is 5.32 Å². The number of rotatable bonds is 3. The molecule has 1 aliphatic heterocycles. The van der Waals surface area contributed by atoms with E-state index in [0.717, 1.165) is 29.0 Å². The van der Waals surface area contributed by atoms with Gasteiger partial charge in [-0.05, 0) is 37.5 Å². The van der Waals surface area contributed by atoms with Gasteiger partial charge in [-0.3, -0.25) is 9.59 Å². The molecule has 0 aromatic heterocycles. The van der Waals surface area contributed by atoms with Gasteiger partial charge < -0.3 is 10.6 Å². The van der Waals surface area contributed by atoms with E-state index in [4.69, 9.17) is 0 Å². The van der Waals surface area contributed by atoms with Crippen molar-refractivity contribution in [3.63, 3.8) is 0 Å². The molecule has 112 valence electrons. The van der Waals surface area contributed by atoms with Crippen LogP contribution in [0.5, 0.6) is 0 Å². The Morgan fingerprint density at radius 1 is 1.38 bits per heavy atom. The van der Waals surface area contributed by atoms with Crippen molar-refractivity contribution in [3.05, 3.63) is 23.8 Å². The van der Waals surface area contributed by atoms with E-state index in [1.807, 2.05) is 25.1 Å². The lowest BCUT2D eigenvalue weighted by Crippen LogP contribution is -2.29. The maximum Gasteiger partial charge on any atom is 0.237 e. The molecule has 3 rings (SSSR count). The van der Waals surface area contributed by atoms with Crippen LogP contribution in [0, 0.1) is 5.92 Å². The zero-order valence-corrected chi connectivity index (χ0v) is 13.0. The average molecular weight is 304 g/mol. The Morgan fingerprint density at radius 2 is 2.14 bits per heavy atom. The van der Waals surface area contributed by atoms with Crippen LogP contribution >= 0.6 is 11.8 Å². The van der Waals surface area contributed by atoms with E-state index in [1.54, 1.807) is 11.8 Å². The van der Waals surface area contributed by atoms with Gasteiger partial charge >= 0.3 is 0 Å². The van der Waals surface area contributed by atoms with Gasteiger partial charge in [0.15, 0.2) is 0 Å². The summed E-state index contributed by atoms with van der Waals surface area (Å²) in [7, 11) is 0. The second-order valence-electron chi connectivity index (χ2n) is 5.78. The molecule has 0 saturated heterocycles. The van der Waals surface area contributed by atoms with Crippen LogP contribution in [0.25, 0.3) is 0 Å². The molecule has 1 saturated carbocycles. The lowest BCUT2D eigenvalue weighted by Gasteiger charge is -2.22. The van der Waals surface area contributed by atoms with Crippen molar-refractivity contribution >= 4 is 29.3 Å². The standard InChI is InChI=1S/C16H20N2O2S/c1-10-15(19)18-13-8-11(6-7-14(13)21-10)9-17-16(20)12-4-2-3-5-12/h6-8,10,12H,2-5,9H2,1H3,(H,17,20)(H,18,19). The summed E-state index contributed by atoms with van der Waals surface area (Å²) >= 11 is 1.57. The minimum atomic E-state index is -0.0505. The van der Waals surface area contributed by atoms with E-state index in [9.17, 15) is 9.59 Å². The summed E-state index contributed by atoms with van der Waals surface area (Å²) in [5.41, 5.74) is 1.88. The molecule has 2 N–H and O–H groups in total. The third-order valence-corrected chi connectivity index (χ3v) is 5.35. The maximum absolute atomic E-state index is 12.0. The van der Waals surface area contributed by atoms with Gasteiger partial charge in [0.2, 0.25) is 11.8 Å². The number of benzene rings is 1. The number of hydrogen-bond donors (Lipinski definition) is 2. The Hall–Kier alpha value is -1.49. The lowest BCUT2D eigenvalue weighted by atomic mass is 10.1. The molecule has 1 atom stereocenters. The van der Waals surface area contributed by atoms with Crippen LogP contribution in [-0.2, 0) is 16.1 Å². The summed E-state index contributed by atoms with van der Waals surface area (Å²) in [5, 5.41) is 5.88. The molecule has 1 aliphatic carbocycles. The monoisotopic (exact) mass is 304 g/mol. The molecule has 1 fully saturated rings. The van der Waals surface area contributed by atoms with Crippen molar-refractivity contribution in [3.8, 4) is 0 Å². The molecule has 5 heteroatoms. The summed E-state index contributed by atoms with van der Waals surface area (Å²) < 4.78 is 0. The number of thioether (sulfide) groups is 1. The lowest BCUT2D eigenvalue weighted by molar-refractivity contribution is -0.125. The van der Waals surface area contributed by atoms with E-state index in [2.05, 4.69) is 10.6 Å². The molecule has 2 aliphatic rings. The Balaban J connectivity index is 1.63. The fourth-order valence-electron chi connectivity index (χ4n) is 2.89. The fraction of sp³-hybridized carbons (Fsp3) is 0.500. The van der Waals surface area contributed by atoms with Crippen LogP contribution in [0.15, 0.2) is 23.1 Å². The highest BCUT2D eigenvalue weighted by Crippen LogP contribution is 2.35. The van der Waals surface area contributed by atoms with Crippen LogP contribution in [0.1, 0.15) is 38.2 Å². The molecule has 4 nitrogen and oxygen atoms in total. The fourth-order valence-corrected chi connectivity index (χ4v) is 3.82. The number of carbonyl (C=O) groups is 2. The topological polar surface area (TPSA) is 58.2 Å². The van der Waals surface area contributed by atoms with Gasteiger partial charge in [0.05, 0.1) is 10.9 Å². The predicted molar refractivity (Wildman–Crippen MR) is 84.2 cm³/mol. The van der Waals surface area contributed by atoms with E-state index in [-0.39, 0.29) is 23.0 Å². The van der Waals surface area contributed by atoms with E-state index < -0.39 is 0 Å². The van der Waals surface area contributed by atoms with Gasteiger partial charge in [-0.25, -0.2) is 0 Å². The second-order valence-corrected chi connectivity index (χ2v) is 7.16. The van der Waals surface area contributed by atoms with E-state index >= 15 is 0 Å². The minimum Gasteiger partial charge on any atom is -0.352 e. The summed E-state index contributed by atoms with van der Waals surface area (Å²) in [5.74, 6) is 0.399. The SMILES string of the molecule is CC1Sc2ccc(CNC(=O)C3CCCC3)cc2NC1=O. The Labute approximate surface area is 129 Å². The molecule has 0 spiro atoms. The molecule has 1 unspecified atom stereocenters. The molecule has 21 heavy (non-hydrogen) atoms. The minimum absolute atomic E-state index is 0.0413. The van der Waals surface area contributed by atoms with Gasteiger partial charge in [0.1, 0.15) is 0 Å². The maximum atomic E-state index is 12.0. The number of fused-ring (bicyclic) bond motifs is 1. The van der Waals surface area contributed by atoms with Gasteiger partial charge in [0, 0.05) is 17.4 Å². The normalized spacial score (nSPS) is 21.8. The van der Waals surface area contributed by atoms with Gasteiger partial charge in [0.25, 0.3) is 0 Å². The van der Waals surface area contributed by atoms with Crippen LogP contribution < -0.4 is 10.6 Å². The summed E-state index contributed by atoms with van der Waals surface area (Å²) in [6.07, 6.45) is 4.36.